The van der Waals surface area contributed by atoms with E-state index in [1.54, 1.807) is 0 Å². The summed E-state index contributed by atoms with van der Waals surface area (Å²) < 4.78 is 17.1. The fourth-order valence-corrected chi connectivity index (χ4v) is 4.32. The van der Waals surface area contributed by atoms with E-state index in [4.69, 9.17) is 14.2 Å². The second kappa shape index (κ2) is 6.85. The Labute approximate surface area is 132 Å². The van der Waals surface area contributed by atoms with Crippen LogP contribution < -0.4 is 0 Å². The van der Waals surface area contributed by atoms with Crippen molar-refractivity contribution in [3.63, 3.8) is 0 Å². The molecular formula is C17H28O5. The highest BCUT2D eigenvalue weighted by molar-refractivity contribution is 5.72. The summed E-state index contributed by atoms with van der Waals surface area (Å²) in [7, 11) is 0. The van der Waals surface area contributed by atoms with E-state index < -0.39 is 5.79 Å². The van der Waals surface area contributed by atoms with E-state index in [0.29, 0.717) is 26.1 Å². The summed E-state index contributed by atoms with van der Waals surface area (Å²) in [5.74, 6) is -0.266. The van der Waals surface area contributed by atoms with Crippen LogP contribution in [0.25, 0.3) is 0 Å². The summed E-state index contributed by atoms with van der Waals surface area (Å²) in [6.07, 6.45) is 6.65. The topological polar surface area (TPSA) is 65.0 Å². The van der Waals surface area contributed by atoms with Crippen LogP contribution in [0, 0.1) is 11.8 Å². The van der Waals surface area contributed by atoms with Crippen molar-refractivity contribution in [3.05, 3.63) is 0 Å². The summed E-state index contributed by atoms with van der Waals surface area (Å²) in [6.45, 7) is 3.51. The van der Waals surface area contributed by atoms with Gasteiger partial charge in [0.05, 0.1) is 25.7 Å². The number of unbranched alkanes of at least 4 members (excludes halogenated alkanes) is 2. The third kappa shape index (κ3) is 3.31. The number of hydrogen-bond donors (Lipinski definition) is 1. The molecule has 2 saturated heterocycles. The zero-order valence-electron chi connectivity index (χ0n) is 13.5. The highest BCUT2D eigenvalue weighted by atomic mass is 16.7. The average Bonchev–Trinajstić information content (AvgIpc) is 3.13. The monoisotopic (exact) mass is 312 g/mol. The summed E-state index contributed by atoms with van der Waals surface area (Å²) >= 11 is 0. The van der Waals surface area contributed by atoms with Gasteiger partial charge in [-0.2, -0.15) is 0 Å². The third-order valence-electron chi connectivity index (χ3n) is 5.51. The lowest BCUT2D eigenvalue weighted by Crippen LogP contribution is -2.32. The number of aliphatic hydroxyl groups is 1. The Balaban J connectivity index is 1.56. The van der Waals surface area contributed by atoms with Gasteiger partial charge < -0.3 is 19.3 Å². The van der Waals surface area contributed by atoms with Gasteiger partial charge in [0, 0.05) is 25.2 Å². The Morgan fingerprint density at radius 2 is 2.00 bits per heavy atom. The van der Waals surface area contributed by atoms with Crippen LogP contribution in [0.4, 0.5) is 0 Å². The Hall–Kier alpha value is -0.650. The standard InChI is InChI=1S/C17H28O5/c1-2-3-4-6-17(20-8-9-21-17)7-5-12-13-10-16(19)22-15(13)11-14(12)18/h12-15,18H,2-11H2,1H3. The molecule has 0 spiro atoms. The number of hydrogen-bond acceptors (Lipinski definition) is 5. The van der Waals surface area contributed by atoms with Gasteiger partial charge in [0.15, 0.2) is 5.79 Å². The fraction of sp³-hybridized carbons (Fsp3) is 0.941. The lowest BCUT2D eigenvalue weighted by Gasteiger charge is -2.30. The predicted molar refractivity (Wildman–Crippen MR) is 80.1 cm³/mol. The van der Waals surface area contributed by atoms with Crippen molar-refractivity contribution in [1.82, 2.24) is 0 Å². The van der Waals surface area contributed by atoms with Crippen LogP contribution in [0.15, 0.2) is 0 Å². The van der Waals surface area contributed by atoms with Gasteiger partial charge in [-0.3, -0.25) is 4.79 Å². The van der Waals surface area contributed by atoms with Gasteiger partial charge in [-0.05, 0) is 18.8 Å². The lowest BCUT2D eigenvalue weighted by molar-refractivity contribution is -0.171. The van der Waals surface area contributed by atoms with Gasteiger partial charge in [0.1, 0.15) is 6.10 Å². The Morgan fingerprint density at radius 1 is 1.23 bits per heavy atom. The molecular weight excluding hydrogens is 284 g/mol. The molecule has 0 radical (unpaired) electrons. The molecule has 0 aromatic rings. The van der Waals surface area contributed by atoms with Crippen molar-refractivity contribution in [2.45, 2.75) is 76.3 Å². The van der Waals surface area contributed by atoms with Crippen LogP contribution in [0.1, 0.15) is 58.3 Å². The molecule has 3 fully saturated rings. The molecule has 2 heterocycles. The van der Waals surface area contributed by atoms with E-state index in [0.717, 1.165) is 25.7 Å². The molecule has 0 aromatic heterocycles. The van der Waals surface area contributed by atoms with Gasteiger partial charge in [0.2, 0.25) is 0 Å². The predicted octanol–water partition coefficient (Wildman–Crippen LogP) is 2.40. The number of carbonyl (C=O) groups is 1. The van der Waals surface area contributed by atoms with Crippen LogP contribution in [0.3, 0.4) is 0 Å². The first-order valence-electron chi connectivity index (χ1n) is 8.79. The molecule has 1 N–H and O–H groups in total. The summed E-state index contributed by atoms with van der Waals surface area (Å²) in [5, 5.41) is 10.3. The minimum Gasteiger partial charge on any atom is -0.462 e. The first-order chi connectivity index (χ1) is 10.6. The molecule has 0 aromatic carbocycles. The maximum atomic E-state index is 11.5. The number of fused-ring (bicyclic) bond motifs is 1. The molecule has 5 heteroatoms. The van der Waals surface area contributed by atoms with Crippen molar-refractivity contribution in [1.29, 1.82) is 0 Å². The molecule has 5 nitrogen and oxygen atoms in total. The van der Waals surface area contributed by atoms with Crippen molar-refractivity contribution < 1.29 is 24.1 Å². The van der Waals surface area contributed by atoms with Gasteiger partial charge >= 0.3 is 5.97 Å². The summed E-state index contributed by atoms with van der Waals surface area (Å²) in [4.78, 5) is 11.5. The quantitative estimate of drug-likeness (QED) is 0.577. The molecule has 3 aliphatic rings. The number of ether oxygens (including phenoxy) is 3. The normalized spacial score (nSPS) is 36.5. The molecule has 126 valence electrons. The van der Waals surface area contributed by atoms with Gasteiger partial charge in [-0.1, -0.05) is 19.8 Å². The Morgan fingerprint density at radius 3 is 2.73 bits per heavy atom. The maximum Gasteiger partial charge on any atom is 0.306 e. The Bertz CT molecular complexity index is 391. The molecule has 1 saturated carbocycles. The molecule has 4 unspecified atom stereocenters. The van der Waals surface area contributed by atoms with Gasteiger partial charge in [0.25, 0.3) is 0 Å². The van der Waals surface area contributed by atoms with Crippen molar-refractivity contribution >= 4 is 5.97 Å². The van der Waals surface area contributed by atoms with Crippen molar-refractivity contribution in [3.8, 4) is 0 Å². The first-order valence-corrected chi connectivity index (χ1v) is 8.79. The second-order valence-electron chi connectivity index (χ2n) is 6.97. The first kappa shape index (κ1) is 16.2. The van der Waals surface area contributed by atoms with Crippen LogP contribution in [-0.4, -0.2) is 42.3 Å². The molecule has 2 aliphatic heterocycles. The van der Waals surface area contributed by atoms with E-state index in [1.165, 1.54) is 12.8 Å². The maximum absolute atomic E-state index is 11.5. The average molecular weight is 312 g/mol. The van der Waals surface area contributed by atoms with E-state index in [-0.39, 0.29) is 30.0 Å². The molecule has 3 rings (SSSR count). The summed E-state index contributed by atoms with van der Waals surface area (Å²) in [5.41, 5.74) is 0. The van der Waals surface area contributed by atoms with Crippen LogP contribution >= 0.6 is 0 Å². The van der Waals surface area contributed by atoms with Gasteiger partial charge in [-0.25, -0.2) is 0 Å². The van der Waals surface area contributed by atoms with Crippen LogP contribution in [-0.2, 0) is 19.0 Å². The Kier molecular flexibility index (Phi) is 5.05. The fourth-order valence-electron chi connectivity index (χ4n) is 4.32. The summed E-state index contributed by atoms with van der Waals surface area (Å²) in [6, 6.07) is 0. The van der Waals surface area contributed by atoms with Crippen molar-refractivity contribution in [2.24, 2.45) is 11.8 Å². The van der Waals surface area contributed by atoms with Crippen molar-refractivity contribution in [2.75, 3.05) is 13.2 Å². The van der Waals surface area contributed by atoms with E-state index in [9.17, 15) is 9.90 Å². The molecule has 22 heavy (non-hydrogen) atoms. The zero-order chi connectivity index (χ0) is 15.6. The molecule has 4 atom stereocenters. The van der Waals surface area contributed by atoms with E-state index in [2.05, 4.69) is 6.92 Å². The smallest absolute Gasteiger partial charge is 0.306 e. The SMILES string of the molecule is CCCCCC1(CCC2C(O)CC3OC(=O)CC32)OCCO1. The number of rotatable bonds is 7. The van der Waals surface area contributed by atoms with Crippen LogP contribution in [0.2, 0.25) is 0 Å². The lowest BCUT2D eigenvalue weighted by atomic mass is 9.86. The molecule has 1 aliphatic carbocycles. The number of carbonyl (C=O) groups excluding carboxylic acids is 1. The zero-order valence-corrected chi connectivity index (χ0v) is 13.5. The minimum absolute atomic E-state index is 0.0750. The second-order valence-corrected chi connectivity index (χ2v) is 6.97. The molecule has 0 bridgehead atoms. The highest BCUT2D eigenvalue weighted by Crippen LogP contribution is 2.45. The van der Waals surface area contributed by atoms with Gasteiger partial charge in [-0.15, -0.1) is 0 Å². The van der Waals surface area contributed by atoms with Crippen LogP contribution in [0.5, 0.6) is 0 Å². The molecule has 0 amide bonds. The van der Waals surface area contributed by atoms with E-state index >= 15 is 0 Å². The van der Waals surface area contributed by atoms with E-state index in [1.807, 2.05) is 0 Å². The highest BCUT2D eigenvalue weighted by Gasteiger charge is 2.50. The number of aliphatic hydroxyl groups excluding tert-OH is 1. The third-order valence-corrected chi connectivity index (χ3v) is 5.51. The number of esters is 1. The minimum atomic E-state index is -0.462. The largest absolute Gasteiger partial charge is 0.462 e.